The number of ether oxygens (including phenoxy) is 1. The van der Waals surface area contributed by atoms with E-state index in [1.54, 1.807) is 0 Å². The van der Waals surface area contributed by atoms with Crippen LogP contribution >= 0.6 is 0 Å². The van der Waals surface area contributed by atoms with Crippen LogP contribution in [0.15, 0.2) is 36.4 Å². The first-order valence-corrected chi connectivity index (χ1v) is 7.59. The molecular formula is C19H25NO. The molecule has 2 N–H and O–H groups in total. The normalized spacial score (nSPS) is 11.0. The predicted molar refractivity (Wildman–Crippen MR) is 89.3 cm³/mol. The van der Waals surface area contributed by atoms with Crippen molar-refractivity contribution in [2.45, 2.75) is 40.0 Å². The summed E-state index contributed by atoms with van der Waals surface area (Å²) >= 11 is 0. The minimum Gasteiger partial charge on any atom is -0.457 e. The highest BCUT2D eigenvalue weighted by Crippen LogP contribution is 2.29. The maximum atomic E-state index is 6.03. The zero-order chi connectivity index (χ0) is 15.4. The third kappa shape index (κ3) is 3.85. The van der Waals surface area contributed by atoms with Crippen molar-refractivity contribution in [2.24, 2.45) is 5.73 Å². The van der Waals surface area contributed by atoms with E-state index in [9.17, 15) is 0 Å². The smallest absolute Gasteiger partial charge is 0.130 e. The van der Waals surface area contributed by atoms with Gasteiger partial charge in [-0.25, -0.2) is 0 Å². The van der Waals surface area contributed by atoms with Gasteiger partial charge < -0.3 is 10.5 Å². The van der Waals surface area contributed by atoms with Crippen LogP contribution in [-0.2, 0) is 6.42 Å². The summed E-state index contributed by atoms with van der Waals surface area (Å²) in [6.45, 7) is 9.31. The maximum absolute atomic E-state index is 6.03. The van der Waals surface area contributed by atoms with Crippen molar-refractivity contribution in [3.05, 3.63) is 58.7 Å². The molecule has 21 heavy (non-hydrogen) atoms. The van der Waals surface area contributed by atoms with Gasteiger partial charge in [-0.05, 0) is 73.2 Å². The minimum atomic E-state index is 0.538. The second-order valence-corrected chi connectivity index (χ2v) is 5.91. The van der Waals surface area contributed by atoms with E-state index in [0.717, 1.165) is 23.5 Å². The summed E-state index contributed by atoms with van der Waals surface area (Å²) in [7, 11) is 0. The van der Waals surface area contributed by atoms with Crippen molar-refractivity contribution >= 4 is 0 Å². The van der Waals surface area contributed by atoms with Crippen LogP contribution in [0.2, 0.25) is 0 Å². The number of hydrogen-bond acceptors (Lipinski definition) is 2. The molecule has 0 aliphatic rings. The summed E-state index contributed by atoms with van der Waals surface area (Å²) in [6, 6.07) is 12.6. The fourth-order valence-corrected chi connectivity index (χ4v) is 2.63. The zero-order valence-electron chi connectivity index (χ0n) is 13.4. The van der Waals surface area contributed by atoms with Gasteiger partial charge in [-0.2, -0.15) is 0 Å². The molecule has 0 bridgehead atoms. The molecule has 2 rings (SSSR count). The molecule has 0 amide bonds. The molecule has 0 spiro atoms. The average molecular weight is 283 g/mol. The van der Waals surface area contributed by atoms with E-state index in [4.69, 9.17) is 10.5 Å². The molecule has 2 heteroatoms. The van der Waals surface area contributed by atoms with Crippen molar-refractivity contribution in [1.82, 2.24) is 0 Å². The zero-order valence-corrected chi connectivity index (χ0v) is 13.4. The number of nitrogens with two attached hydrogens (primary N) is 1. The van der Waals surface area contributed by atoms with Gasteiger partial charge >= 0.3 is 0 Å². The predicted octanol–water partition coefficient (Wildman–Crippen LogP) is 4.72. The van der Waals surface area contributed by atoms with Crippen LogP contribution in [0.5, 0.6) is 11.5 Å². The second kappa shape index (κ2) is 6.77. The maximum Gasteiger partial charge on any atom is 0.130 e. The summed E-state index contributed by atoms with van der Waals surface area (Å²) in [6.07, 6.45) is 0.906. The summed E-state index contributed by atoms with van der Waals surface area (Å²) in [5, 5.41) is 0. The highest BCUT2D eigenvalue weighted by molar-refractivity contribution is 5.42. The summed E-state index contributed by atoms with van der Waals surface area (Å²) in [4.78, 5) is 0. The van der Waals surface area contributed by atoms with Crippen LogP contribution in [0.4, 0.5) is 0 Å². The first-order valence-electron chi connectivity index (χ1n) is 7.59. The van der Waals surface area contributed by atoms with Crippen LogP contribution in [-0.4, -0.2) is 6.54 Å². The van der Waals surface area contributed by atoms with Crippen molar-refractivity contribution in [2.75, 3.05) is 6.54 Å². The summed E-state index contributed by atoms with van der Waals surface area (Å²) < 4.78 is 6.03. The van der Waals surface area contributed by atoms with Crippen LogP contribution in [0.3, 0.4) is 0 Å². The Bertz CT molecular complexity index is 617. The first kappa shape index (κ1) is 15.6. The van der Waals surface area contributed by atoms with Crippen LogP contribution in [0, 0.1) is 13.8 Å². The fourth-order valence-electron chi connectivity index (χ4n) is 2.63. The van der Waals surface area contributed by atoms with Crippen molar-refractivity contribution in [3.63, 3.8) is 0 Å². The molecular weight excluding hydrogens is 258 g/mol. The van der Waals surface area contributed by atoms with E-state index in [1.165, 1.54) is 16.7 Å². The third-order valence-corrected chi connectivity index (χ3v) is 3.76. The Morgan fingerprint density at radius 3 is 2.33 bits per heavy atom. The molecule has 2 aromatic rings. The molecule has 0 heterocycles. The molecule has 0 saturated heterocycles. The van der Waals surface area contributed by atoms with E-state index in [0.29, 0.717) is 12.5 Å². The van der Waals surface area contributed by atoms with E-state index >= 15 is 0 Å². The highest BCUT2D eigenvalue weighted by Gasteiger charge is 2.07. The standard InChI is InChI=1S/C19H25NO/c1-13(2)18-7-6-17(12-14(18)3)21-19-8-5-16(9-10-20)11-15(19)4/h5-8,11-13H,9-10,20H2,1-4H3. The Labute approximate surface area is 127 Å². The third-order valence-electron chi connectivity index (χ3n) is 3.76. The Kier molecular flexibility index (Phi) is 5.03. The van der Waals surface area contributed by atoms with Gasteiger partial charge in [-0.1, -0.05) is 32.0 Å². The molecule has 2 nitrogen and oxygen atoms in total. The van der Waals surface area contributed by atoms with Crippen molar-refractivity contribution in [1.29, 1.82) is 0 Å². The topological polar surface area (TPSA) is 35.2 Å². The molecule has 0 atom stereocenters. The summed E-state index contributed by atoms with van der Waals surface area (Å²) in [5.41, 5.74) is 10.6. The number of aryl methyl sites for hydroxylation is 2. The van der Waals surface area contributed by atoms with E-state index < -0.39 is 0 Å². The van der Waals surface area contributed by atoms with Crippen molar-refractivity contribution < 1.29 is 4.74 Å². The lowest BCUT2D eigenvalue weighted by Crippen LogP contribution is -2.03. The minimum absolute atomic E-state index is 0.538. The van der Waals surface area contributed by atoms with Gasteiger partial charge in [0, 0.05) is 0 Å². The Hall–Kier alpha value is -1.80. The van der Waals surface area contributed by atoms with Gasteiger partial charge in [0.1, 0.15) is 11.5 Å². The largest absolute Gasteiger partial charge is 0.457 e. The molecule has 0 unspecified atom stereocenters. The molecule has 0 radical (unpaired) electrons. The first-order chi connectivity index (χ1) is 10.0. The Morgan fingerprint density at radius 1 is 1.00 bits per heavy atom. The SMILES string of the molecule is Cc1cc(CCN)ccc1Oc1ccc(C(C)C)c(C)c1. The van der Waals surface area contributed by atoms with Crippen LogP contribution in [0.1, 0.15) is 42.0 Å². The molecule has 112 valence electrons. The Balaban J connectivity index is 2.20. The highest BCUT2D eigenvalue weighted by atomic mass is 16.5. The number of rotatable bonds is 5. The molecule has 2 aromatic carbocycles. The van der Waals surface area contributed by atoms with Gasteiger partial charge in [0.15, 0.2) is 0 Å². The van der Waals surface area contributed by atoms with E-state index in [1.807, 2.05) is 6.07 Å². The Morgan fingerprint density at radius 2 is 1.76 bits per heavy atom. The van der Waals surface area contributed by atoms with Gasteiger partial charge in [0.2, 0.25) is 0 Å². The molecule has 0 aliphatic heterocycles. The van der Waals surface area contributed by atoms with Crippen LogP contribution in [0.25, 0.3) is 0 Å². The van der Waals surface area contributed by atoms with Crippen LogP contribution < -0.4 is 10.5 Å². The monoisotopic (exact) mass is 283 g/mol. The lowest BCUT2D eigenvalue weighted by atomic mass is 9.98. The number of hydrogen-bond donors (Lipinski definition) is 1. The summed E-state index contributed by atoms with van der Waals surface area (Å²) in [5.74, 6) is 2.34. The van der Waals surface area contributed by atoms with Gasteiger partial charge in [0.25, 0.3) is 0 Å². The van der Waals surface area contributed by atoms with Gasteiger partial charge in [0.05, 0.1) is 0 Å². The van der Waals surface area contributed by atoms with Crippen molar-refractivity contribution in [3.8, 4) is 11.5 Å². The number of benzene rings is 2. The van der Waals surface area contributed by atoms with E-state index in [2.05, 4.69) is 58.0 Å². The fraction of sp³-hybridized carbons (Fsp3) is 0.368. The average Bonchev–Trinajstić information content (AvgIpc) is 2.42. The quantitative estimate of drug-likeness (QED) is 0.861. The molecule has 0 fully saturated rings. The lowest BCUT2D eigenvalue weighted by molar-refractivity contribution is 0.478. The van der Waals surface area contributed by atoms with Gasteiger partial charge in [-0.3, -0.25) is 0 Å². The molecule has 0 aliphatic carbocycles. The van der Waals surface area contributed by atoms with E-state index in [-0.39, 0.29) is 0 Å². The molecule has 0 aromatic heterocycles. The second-order valence-electron chi connectivity index (χ2n) is 5.91. The lowest BCUT2D eigenvalue weighted by Gasteiger charge is -2.14. The van der Waals surface area contributed by atoms with Gasteiger partial charge in [-0.15, -0.1) is 0 Å². The molecule has 0 saturated carbocycles.